The van der Waals surface area contributed by atoms with Crippen molar-refractivity contribution in [3.8, 4) is 0 Å². The summed E-state index contributed by atoms with van der Waals surface area (Å²) in [5.41, 5.74) is 5.38. The fraction of sp³-hybridized carbons (Fsp3) is 0.108. The average Bonchev–Trinajstić information content (AvgIpc) is 3.62. The molecule has 196 valence electrons. The van der Waals surface area contributed by atoms with Gasteiger partial charge in [0, 0.05) is 0 Å². The van der Waals surface area contributed by atoms with Crippen LogP contribution >= 0.6 is 0 Å². The molecule has 0 nitrogen and oxygen atoms in total. The standard InChI is InChI=1S/2C17H11.C3H6.2ClH.Zr/c2*1-2-6-15-12(4-1)8-10-14-11-9-13-5-3-7-16(13)17(14)15;1-3-2;;;/h2*1-4,6,8-11H,7H2;1-2H3;2*1H;/q2*-1;;;;+2/p-2. The van der Waals surface area contributed by atoms with Crippen LogP contribution in [0, 0.1) is 12.2 Å². The van der Waals surface area contributed by atoms with E-state index in [2.05, 4.69) is 135 Å². The molecule has 0 bridgehead atoms. The zero-order valence-corrected chi connectivity index (χ0v) is 26.5. The van der Waals surface area contributed by atoms with Gasteiger partial charge in [-0.15, -0.1) is 23.3 Å². The Morgan fingerprint density at radius 2 is 0.875 bits per heavy atom. The minimum Gasteiger partial charge on any atom is -1.00 e. The summed E-state index contributed by atoms with van der Waals surface area (Å²) >= 11 is 1.55. The van der Waals surface area contributed by atoms with Crippen LogP contribution in [-0.4, -0.2) is 3.21 Å². The van der Waals surface area contributed by atoms with E-state index in [1.54, 1.807) is 24.2 Å². The smallest absolute Gasteiger partial charge is 0.0188 e. The monoisotopic (exact) mass is 632 g/mol. The van der Waals surface area contributed by atoms with Crippen LogP contribution in [0.25, 0.3) is 43.1 Å². The minimum absolute atomic E-state index is 0. The van der Waals surface area contributed by atoms with Crippen LogP contribution < -0.4 is 24.8 Å². The van der Waals surface area contributed by atoms with Crippen molar-refractivity contribution in [1.82, 2.24) is 0 Å². The van der Waals surface area contributed by atoms with Crippen LogP contribution in [0.5, 0.6) is 0 Å². The van der Waals surface area contributed by atoms with E-state index in [-0.39, 0.29) is 24.8 Å². The zero-order valence-electron chi connectivity index (χ0n) is 22.6. The molecule has 0 atom stereocenters. The molecule has 6 aromatic rings. The van der Waals surface area contributed by atoms with Crippen LogP contribution in [0.15, 0.2) is 109 Å². The number of fused-ring (bicyclic) bond motifs is 10. The van der Waals surface area contributed by atoms with Gasteiger partial charge in [-0.1, -0.05) is 96.4 Å². The topological polar surface area (TPSA) is 0 Å². The first-order valence-electron chi connectivity index (χ1n) is 13.1. The van der Waals surface area contributed by atoms with Gasteiger partial charge < -0.3 is 24.8 Å². The van der Waals surface area contributed by atoms with Crippen LogP contribution in [-0.2, 0) is 37.1 Å². The van der Waals surface area contributed by atoms with E-state index in [4.69, 9.17) is 0 Å². The van der Waals surface area contributed by atoms with Crippen molar-refractivity contribution >= 4 is 46.3 Å². The summed E-state index contributed by atoms with van der Waals surface area (Å²) in [7, 11) is 0. The van der Waals surface area contributed by atoms with E-state index in [1.807, 2.05) is 0 Å². The third-order valence-electron chi connectivity index (χ3n) is 7.16. The van der Waals surface area contributed by atoms with Crippen LogP contribution in [0.3, 0.4) is 0 Å². The number of hydrogen-bond donors (Lipinski definition) is 0. The maximum atomic E-state index is 3.33. The summed E-state index contributed by atoms with van der Waals surface area (Å²) in [5, 5.41) is 10.8. The number of allylic oxidation sites excluding steroid dienone is 2. The van der Waals surface area contributed by atoms with Gasteiger partial charge in [0.05, 0.1) is 0 Å². The Kier molecular flexibility index (Phi) is 9.96. The molecule has 8 rings (SSSR count). The Balaban J connectivity index is 0.000000157. The SMILES string of the molecule is C[C](C)=[Zr+2].[C-]1=CCc2c1ccc1ccc3ccccc3c21.[C-]1=CCc2c1ccc1ccc3ccccc3c21.[Cl-].[Cl-]. The van der Waals surface area contributed by atoms with Crippen molar-refractivity contribution in [2.75, 3.05) is 0 Å². The Labute approximate surface area is 263 Å². The maximum absolute atomic E-state index is 3.33. The summed E-state index contributed by atoms with van der Waals surface area (Å²) in [6, 6.07) is 34.8. The van der Waals surface area contributed by atoms with Gasteiger partial charge in [-0.2, -0.15) is 47.6 Å². The normalized spacial score (nSPS) is 12.1. The number of benzene rings is 6. The average molecular weight is 635 g/mol. The molecule has 0 heterocycles. The van der Waals surface area contributed by atoms with Crippen molar-refractivity contribution in [3.05, 3.63) is 144 Å². The van der Waals surface area contributed by atoms with E-state index >= 15 is 0 Å². The van der Waals surface area contributed by atoms with Gasteiger partial charge in [-0.05, 0) is 32.3 Å². The molecule has 0 saturated carbocycles. The van der Waals surface area contributed by atoms with E-state index in [9.17, 15) is 0 Å². The van der Waals surface area contributed by atoms with Crippen molar-refractivity contribution in [2.45, 2.75) is 26.7 Å². The Morgan fingerprint density at radius 3 is 1.30 bits per heavy atom. The molecule has 0 spiro atoms. The number of hydrogen-bond acceptors (Lipinski definition) is 0. The second-order valence-electron chi connectivity index (χ2n) is 10.1. The second-order valence-corrected chi connectivity index (χ2v) is 12.5. The number of halogens is 2. The Hall–Kier alpha value is -2.83. The first-order chi connectivity index (χ1) is 18.6. The molecule has 0 amide bonds. The van der Waals surface area contributed by atoms with E-state index < -0.39 is 0 Å². The summed E-state index contributed by atoms with van der Waals surface area (Å²) < 4.78 is 1.51. The first kappa shape index (κ1) is 30.1. The fourth-order valence-electron chi connectivity index (χ4n) is 5.57. The van der Waals surface area contributed by atoms with Crippen molar-refractivity contribution in [1.29, 1.82) is 0 Å². The summed E-state index contributed by atoms with van der Waals surface area (Å²) in [4.78, 5) is 0. The molecule has 0 radical (unpaired) electrons. The Morgan fingerprint density at radius 1 is 0.525 bits per heavy atom. The van der Waals surface area contributed by atoms with Gasteiger partial charge in [-0.25, -0.2) is 0 Å². The molecule has 0 aliphatic heterocycles. The van der Waals surface area contributed by atoms with Gasteiger partial charge in [0.2, 0.25) is 0 Å². The molecular weight excluding hydrogens is 607 g/mol. The van der Waals surface area contributed by atoms with Gasteiger partial charge in [0.15, 0.2) is 0 Å². The molecule has 6 aromatic carbocycles. The van der Waals surface area contributed by atoms with Gasteiger partial charge in [-0.3, -0.25) is 0 Å². The van der Waals surface area contributed by atoms with E-state index in [0.717, 1.165) is 12.8 Å². The maximum Gasteiger partial charge on any atom is -0.0188 e. The van der Waals surface area contributed by atoms with Gasteiger partial charge in [0.1, 0.15) is 0 Å². The van der Waals surface area contributed by atoms with Gasteiger partial charge in [0.25, 0.3) is 0 Å². The molecule has 0 fully saturated rings. The molecule has 3 heteroatoms. The zero-order chi connectivity index (χ0) is 26.1. The molecule has 2 aliphatic rings. The van der Waals surface area contributed by atoms with Gasteiger partial charge >= 0.3 is 41.3 Å². The molecule has 0 saturated heterocycles. The predicted octanol–water partition coefficient (Wildman–Crippen LogP) is 3.27. The van der Waals surface area contributed by atoms with Crippen molar-refractivity contribution < 1.29 is 49.0 Å². The first-order valence-corrected chi connectivity index (χ1v) is 14.4. The van der Waals surface area contributed by atoms with Crippen molar-refractivity contribution in [3.63, 3.8) is 0 Å². The largest absolute Gasteiger partial charge is 1.00 e. The third-order valence-corrected chi connectivity index (χ3v) is 7.16. The molecule has 2 aliphatic carbocycles. The quantitative estimate of drug-likeness (QED) is 0.178. The Bertz CT molecular complexity index is 1770. The second kappa shape index (κ2) is 13.2. The minimum atomic E-state index is 0. The summed E-state index contributed by atoms with van der Waals surface area (Å²) in [6.45, 7) is 4.25. The molecule has 0 unspecified atom stereocenters. The molecular formula is C37H28Cl2Zr-2. The van der Waals surface area contributed by atoms with Crippen molar-refractivity contribution in [2.24, 2.45) is 0 Å². The number of rotatable bonds is 0. The summed E-state index contributed by atoms with van der Waals surface area (Å²) in [6.07, 6.45) is 13.0. The molecule has 0 N–H and O–H groups in total. The molecule has 0 aromatic heterocycles. The predicted molar refractivity (Wildman–Crippen MR) is 161 cm³/mol. The summed E-state index contributed by atoms with van der Waals surface area (Å²) in [5.74, 6) is 0. The third kappa shape index (κ3) is 5.94. The van der Waals surface area contributed by atoms with Crippen LogP contribution in [0.1, 0.15) is 36.1 Å². The molecule has 40 heavy (non-hydrogen) atoms. The van der Waals surface area contributed by atoms with E-state index in [0.29, 0.717) is 0 Å². The van der Waals surface area contributed by atoms with E-state index in [1.165, 1.54) is 68.5 Å². The van der Waals surface area contributed by atoms with Crippen LogP contribution in [0.4, 0.5) is 0 Å². The fourth-order valence-corrected chi connectivity index (χ4v) is 5.57. The van der Waals surface area contributed by atoms with Crippen LogP contribution in [0.2, 0.25) is 0 Å².